The molecule has 120 valence electrons. The number of aryl methyl sites for hydroxylation is 1. The number of aromatic nitrogens is 5. The Morgan fingerprint density at radius 2 is 1.96 bits per heavy atom. The summed E-state index contributed by atoms with van der Waals surface area (Å²) in [6.45, 7) is 4.09. The average Bonchev–Trinajstić information content (AvgIpc) is 2.87. The zero-order valence-electron chi connectivity index (χ0n) is 13.5. The number of imidazole rings is 1. The number of thioether (sulfide) groups is 1. The van der Waals surface area contributed by atoms with Crippen molar-refractivity contribution in [1.29, 1.82) is 0 Å². The van der Waals surface area contributed by atoms with Gasteiger partial charge in [0.25, 0.3) is 0 Å². The van der Waals surface area contributed by atoms with Gasteiger partial charge in [0.1, 0.15) is 5.82 Å². The van der Waals surface area contributed by atoms with Crippen LogP contribution < -0.4 is 10.6 Å². The SMILES string of the molecule is Cc1ccc2nc(SC(C)c3nc(N)nc(N(C)C)n3)[nH]c2c1. The molecule has 0 spiro atoms. The van der Waals surface area contributed by atoms with Crippen molar-refractivity contribution in [2.45, 2.75) is 24.3 Å². The predicted octanol–water partition coefficient (Wildman–Crippen LogP) is 2.56. The summed E-state index contributed by atoms with van der Waals surface area (Å²) in [4.78, 5) is 22.6. The number of fused-ring (bicyclic) bond motifs is 1. The molecule has 1 unspecified atom stereocenters. The Kier molecular flexibility index (Phi) is 4.08. The Morgan fingerprint density at radius 3 is 2.70 bits per heavy atom. The highest BCUT2D eigenvalue weighted by Gasteiger charge is 2.16. The quantitative estimate of drug-likeness (QED) is 0.710. The molecule has 0 fully saturated rings. The highest BCUT2D eigenvalue weighted by molar-refractivity contribution is 7.99. The number of nitrogens with two attached hydrogens (primary N) is 1. The smallest absolute Gasteiger partial charge is 0.229 e. The van der Waals surface area contributed by atoms with Crippen molar-refractivity contribution in [3.8, 4) is 0 Å². The van der Waals surface area contributed by atoms with Crippen molar-refractivity contribution in [1.82, 2.24) is 24.9 Å². The van der Waals surface area contributed by atoms with Gasteiger partial charge in [0.15, 0.2) is 5.16 Å². The summed E-state index contributed by atoms with van der Waals surface area (Å²) >= 11 is 1.56. The number of nitrogen functional groups attached to an aromatic ring is 1. The van der Waals surface area contributed by atoms with Crippen LogP contribution in [-0.2, 0) is 0 Å². The lowest BCUT2D eigenvalue weighted by Gasteiger charge is -2.13. The highest BCUT2D eigenvalue weighted by Crippen LogP contribution is 2.33. The van der Waals surface area contributed by atoms with Crippen molar-refractivity contribution in [3.05, 3.63) is 29.6 Å². The fourth-order valence-electron chi connectivity index (χ4n) is 2.16. The fourth-order valence-corrected chi connectivity index (χ4v) is 3.02. The first-order valence-corrected chi connectivity index (χ1v) is 8.12. The number of rotatable bonds is 4. The monoisotopic (exact) mass is 329 g/mol. The fraction of sp³-hybridized carbons (Fsp3) is 0.333. The molecule has 7 nitrogen and oxygen atoms in total. The van der Waals surface area contributed by atoms with Gasteiger partial charge in [-0.2, -0.15) is 15.0 Å². The molecule has 0 amide bonds. The molecule has 1 atom stereocenters. The van der Waals surface area contributed by atoms with E-state index in [2.05, 4.69) is 44.0 Å². The number of anilines is 2. The lowest BCUT2D eigenvalue weighted by molar-refractivity contribution is 0.861. The largest absolute Gasteiger partial charge is 0.368 e. The molecule has 0 saturated carbocycles. The van der Waals surface area contributed by atoms with Gasteiger partial charge in [-0.1, -0.05) is 17.8 Å². The molecule has 0 radical (unpaired) electrons. The zero-order valence-corrected chi connectivity index (χ0v) is 14.3. The minimum absolute atomic E-state index is 0.000610. The molecule has 2 heterocycles. The summed E-state index contributed by atoms with van der Waals surface area (Å²) in [5.74, 6) is 1.43. The standard InChI is InChI=1S/C15H19N7S/c1-8-5-6-10-11(7-8)18-15(17-10)23-9(2)12-19-13(16)21-14(20-12)22(3)4/h5-7,9H,1-4H3,(H,17,18)(H2,16,19,20,21). The third-order valence-corrected chi connectivity index (χ3v) is 4.31. The lowest BCUT2D eigenvalue weighted by Crippen LogP contribution is -2.16. The van der Waals surface area contributed by atoms with E-state index in [0.29, 0.717) is 11.8 Å². The molecule has 3 rings (SSSR count). The second kappa shape index (κ2) is 6.04. The van der Waals surface area contributed by atoms with Gasteiger partial charge < -0.3 is 15.6 Å². The van der Waals surface area contributed by atoms with Gasteiger partial charge >= 0.3 is 0 Å². The first-order chi connectivity index (χ1) is 10.9. The summed E-state index contributed by atoms with van der Waals surface area (Å²) in [6.07, 6.45) is 0. The maximum atomic E-state index is 5.78. The lowest BCUT2D eigenvalue weighted by atomic mass is 10.2. The van der Waals surface area contributed by atoms with E-state index in [1.165, 1.54) is 5.56 Å². The summed E-state index contributed by atoms with van der Waals surface area (Å²) < 4.78 is 0. The number of nitrogens with one attached hydrogen (secondary N) is 1. The molecule has 3 N–H and O–H groups in total. The molecule has 23 heavy (non-hydrogen) atoms. The van der Waals surface area contributed by atoms with Crippen molar-refractivity contribution in [3.63, 3.8) is 0 Å². The van der Waals surface area contributed by atoms with Gasteiger partial charge in [-0.25, -0.2) is 4.98 Å². The summed E-state index contributed by atoms with van der Waals surface area (Å²) in [5, 5.41) is 0.837. The van der Waals surface area contributed by atoms with Crippen LogP contribution >= 0.6 is 11.8 Å². The number of benzene rings is 1. The molecule has 0 aliphatic rings. The van der Waals surface area contributed by atoms with Crippen LogP contribution in [-0.4, -0.2) is 39.0 Å². The number of H-pyrrole nitrogens is 1. The first-order valence-electron chi connectivity index (χ1n) is 7.24. The molecule has 0 aliphatic carbocycles. The Hall–Kier alpha value is -2.35. The van der Waals surface area contributed by atoms with Gasteiger partial charge in [-0.15, -0.1) is 0 Å². The van der Waals surface area contributed by atoms with Crippen LogP contribution in [0.4, 0.5) is 11.9 Å². The number of nitrogens with zero attached hydrogens (tertiary/aromatic N) is 5. The van der Waals surface area contributed by atoms with Crippen LogP contribution in [0.25, 0.3) is 11.0 Å². The molecule has 2 aromatic heterocycles. The summed E-state index contributed by atoms with van der Waals surface area (Å²) in [7, 11) is 3.75. The average molecular weight is 329 g/mol. The Labute approximate surface area is 138 Å². The van der Waals surface area contributed by atoms with Crippen LogP contribution in [0.1, 0.15) is 23.6 Å². The number of aromatic amines is 1. The van der Waals surface area contributed by atoms with Crippen LogP contribution in [0.2, 0.25) is 0 Å². The van der Waals surface area contributed by atoms with Crippen LogP contribution in [0.3, 0.4) is 0 Å². The number of hydrogen-bond donors (Lipinski definition) is 2. The molecule has 0 saturated heterocycles. The second-order valence-corrected chi connectivity index (χ2v) is 6.90. The Balaban J connectivity index is 1.86. The van der Waals surface area contributed by atoms with Gasteiger partial charge in [0.05, 0.1) is 16.3 Å². The summed E-state index contributed by atoms with van der Waals surface area (Å²) in [5.41, 5.74) is 8.97. The van der Waals surface area contributed by atoms with Gasteiger partial charge in [-0.3, -0.25) is 0 Å². The minimum atomic E-state index is 0.000610. The van der Waals surface area contributed by atoms with Crippen LogP contribution in [0.5, 0.6) is 0 Å². The summed E-state index contributed by atoms with van der Waals surface area (Å²) in [6, 6.07) is 6.15. The minimum Gasteiger partial charge on any atom is -0.368 e. The zero-order chi connectivity index (χ0) is 16.6. The highest BCUT2D eigenvalue weighted by atomic mass is 32.2. The van der Waals surface area contributed by atoms with E-state index in [-0.39, 0.29) is 11.2 Å². The molecular formula is C15H19N7S. The maximum absolute atomic E-state index is 5.78. The molecule has 0 aliphatic heterocycles. The second-order valence-electron chi connectivity index (χ2n) is 5.57. The third-order valence-electron chi connectivity index (χ3n) is 3.33. The Morgan fingerprint density at radius 1 is 1.17 bits per heavy atom. The van der Waals surface area contributed by atoms with Crippen molar-refractivity contribution in [2.24, 2.45) is 0 Å². The van der Waals surface area contributed by atoms with Gasteiger partial charge in [0.2, 0.25) is 11.9 Å². The van der Waals surface area contributed by atoms with Crippen molar-refractivity contribution in [2.75, 3.05) is 24.7 Å². The van der Waals surface area contributed by atoms with Crippen molar-refractivity contribution < 1.29 is 0 Å². The van der Waals surface area contributed by atoms with E-state index in [0.717, 1.165) is 16.2 Å². The third kappa shape index (κ3) is 3.37. The van der Waals surface area contributed by atoms with Gasteiger partial charge in [-0.05, 0) is 31.5 Å². The van der Waals surface area contributed by atoms with Gasteiger partial charge in [0, 0.05) is 14.1 Å². The Bertz CT molecular complexity index is 843. The van der Waals surface area contributed by atoms with E-state index in [1.807, 2.05) is 32.0 Å². The van der Waals surface area contributed by atoms with Crippen LogP contribution in [0.15, 0.2) is 23.4 Å². The van der Waals surface area contributed by atoms with E-state index < -0.39 is 0 Å². The van der Waals surface area contributed by atoms with Crippen molar-refractivity contribution >= 4 is 34.7 Å². The molecule has 0 bridgehead atoms. The first kappa shape index (κ1) is 15.5. The maximum Gasteiger partial charge on any atom is 0.229 e. The molecule has 3 aromatic rings. The van der Waals surface area contributed by atoms with Crippen LogP contribution in [0, 0.1) is 6.92 Å². The number of hydrogen-bond acceptors (Lipinski definition) is 7. The predicted molar refractivity (Wildman–Crippen MR) is 93.7 cm³/mol. The topological polar surface area (TPSA) is 96.6 Å². The van der Waals surface area contributed by atoms with E-state index in [4.69, 9.17) is 5.73 Å². The normalized spacial score (nSPS) is 12.5. The van der Waals surface area contributed by atoms with E-state index in [1.54, 1.807) is 11.8 Å². The van der Waals surface area contributed by atoms with E-state index in [9.17, 15) is 0 Å². The molecule has 1 aromatic carbocycles. The van der Waals surface area contributed by atoms with E-state index >= 15 is 0 Å². The molecule has 8 heteroatoms. The molecular weight excluding hydrogens is 310 g/mol.